The maximum Gasteiger partial charge on any atom is 0.472 e. The molecule has 1 N–H and O–H groups in total. The maximum atomic E-state index is 12.6. The summed E-state index contributed by atoms with van der Waals surface area (Å²) in [6, 6.07) is 0. The first kappa shape index (κ1) is 59.0. The van der Waals surface area contributed by atoms with Gasteiger partial charge in [-0.05, 0) is 19.8 Å². The molecule has 0 aromatic rings. The van der Waals surface area contributed by atoms with Crippen LogP contribution in [0.25, 0.3) is 0 Å². The van der Waals surface area contributed by atoms with Crippen LogP contribution >= 0.6 is 7.82 Å². The van der Waals surface area contributed by atoms with Crippen molar-refractivity contribution in [2.45, 2.75) is 297 Å². The summed E-state index contributed by atoms with van der Waals surface area (Å²) in [5.41, 5.74) is 0. The predicted octanol–water partition coefficient (Wildman–Crippen LogP) is 17.0. The summed E-state index contributed by atoms with van der Waals surface area (Å²) in [6.07, 6.45) is 51.7. The molecule has 0 saturated heterocycles. The molecule has 0 aliphatic carbocycles. The number of carbonyl (C=O) groups excluding carboxylic acids is 2. The van der Waals surface area contributed by atoms with Crippen molar-refractivity contribution >= 4 is 19.8 Å². The molecular weight excluding hydrogens is 772 g/mol. The average molecular weight is 873 g/mol. The smallest absolute Gasteiger partial charge is 0.462 e. The average Bonchev–Trinajstić information content (AvgIpc) is 3.23. The van der Waals surface area contributed by atoms with Crippen LogP contribution in [0.4, 0.5) is 0 Å². The van der Waals surface area contributed by atoms with E-state index in [9.17, 15) is 19.0 Å². The van der Waals surface area contributed by atoms with Gasteiger partial charge in [-0.1, -0.05) is 258 Å². The molecule has 0 aromatic carbocycles. The summed E-state index contributed by atoms with van der Waals surface area (Å²) in [5.74, 6) is -0.774. The number of phosphoric ester groups is 1. The van der Waals surface area contributed by atoms with E-state index in [1.807, 2.05) is 0 Å². The molecule has 0 aliphatic heterocycles. The van der Waals surface area contributed by atoms with E-state index in [-0.39, 0.29) is 32.2 Å². The van der Waals surface area contributed by atoms with Crippen molar-refractivity contribution in [2.75, 3.05) is 19.8 Å². The fourth-order valence-electron chi connectivity index (χ4n) is 8.05. The van der Waals surface area contributed by atoms with Gasteiger partial charge in [-0.15, -0.1) is 0 Å². The lowest BCUT2D eigenvalue weighted by atomic mass is 10.0. The van der Waals surface area contributed by atoms with Gasteiger partial charge in [0, 0.05) is 12.8 Å². The Morgan fingerprint density at radius 3 is 0.933 bits per heavy atom. The first-order valence-electron chi connectivity index (χ1n) is 26.3. The summed E-state index contributed by atoms with van der Waals surface area (Å²) < 4.78 is 32.8. The van der Waals surface area contributed by atoms with Gasteiger partial charge in [0.1, 0.15) is 6.61 Å². The third-order valence-electron chi connectivity index (χ3n) is 11.9. The van der Waals surface area contributed by atoms with Crippen molar-refractivity contribution in [3.8, 4) is 0 Å². The molecule has 0 spiro atoms. The van der Waals surface area contributed by atoms with Gasteiger partial charge in [0.2, 0.25) is 0 Å². The van der Waals surface area contributed by atoms with E-state index in [2.05, 4.69) is 13.8 Å². The molecule has 0 radical (unpaired) electrons. The first-order chi connectivity index (χ1) is 29.3. The summed E-state index contributed by atoms with van der Waals surface area (Å²) in [6.45, 7) is 5.56. The number of phosphoric acid groups is 1. The summed E-state index contributed by atoms with van der Waals surface area (Å²) >= 11 is 0. The molecule has 2 atom stereocenters. The number of ether oxygens (including phenoxy) is 2. The van der Waals surface area contributed by atoms with Gasteiger partial charge in [-0.3, -0.25) is 18.6 Å². The molecule has 0 bridgehead atoms. The summed E-state index contributed by atoms with van der Waals surface area (Å²) in [5, 5.41) is 0. The van der Waals surface area contributed by atoms with E-state index < -0.39 is 19.9 Å². The third kappa shape index (κ3) is 46.6. The second-order valence-corrected chi connectivity index (χ2v) is 19.4. The van der Waals surface area contributed by atoms with Crippen LogP contribution in [0.15, 0.2) is 0 Å². The molecule has 9 heteroatoms. The minimum atomic E-state index is -4.28. The second kappa shape index (κ2) is 47.5. The number of hydrogen-bond donors (Lipinski definition) is 1. The number of rotatable bonds is 50. The SMILES string of the molecule is CCCCCCCCCCCCCCCCCCCCCCCCC(=O)OC(COC(=O)CCCCCCCCCCCCCCCCCCCC)COP(=O)(O)OCC. The lowest BCUT2D eigenvalue weighted by Crippen LogP contribution is -2.29. The first-order valence-corrected chi connectivity index (χ1v) is 27.8. The van der Waals surface area contributed by atoms with Crippen molar-refractivity contribution in [3.05, 3.63) is 0 Å². The molecule has 0 fully saturated rings. The molecular formula is C51H101O8P. The molecule has 0 rings (SSSR count). The zero-order chi connectivity index (χ0) is 43.9. The monoisotopic (exact) mass is 873 g/mol. The van der Waals surface area contributed by atoms with Gasteiger partial charge >= 0.3 is 19.8 Å². The van der Waals surface area contributed by atoms with E-state index in [0.29, 0.717) is 6.42 Å². The Bertz CT molecular complexity index is 946. The van der Waals surface area contributed by atoms with Crippen molar-refractivity contribution in [1.82, 2.24) is 0 Å². The van der Waals surface area contributed by atoms with E-state index in [4.69, 9.17) is 18.5 Å². The van der Waals surface area contributed by atoms with E-state index in [1.165, 1.54) is 218 Å². The largest absolute Gasteiger partial charge is 0.472 e. The van der Waals surface area contributed by atoms with Crippen LogP contribution < -0.4 is 0 Å². The zero-order valence-electron chi connectivity index (χ0n) is 40.1. The van der Waals surface area contributed by atoms with Gasteiger partial charge in [0.25, 0.3) is 0 Å². The van der Waals surface area contributed by atoms with Gasteiger partial charge in [0.15, 0.2) is 6.10 Å². The highest BCUT2D eigenvalue weighted by atomic mass is 31.2. The Balaban J connectivity index is 3.90. The number of hydrogen-bond acceptors (Lipinski definition) is 7. The van der Waals surface area contributed by atoms with Crippen LogP contribution in [0, 0.1) is 0 Å². The minimum absolute atomic E-state index is 0.00608. The second-order valence-electron chi connectivity index (χ2n) is 17.9. The van der Waals surface area contributed by atoms with Gasteiger partial charge in [-0.25, -0.2) is 4.57 Å². The molecule has 0 aromatic heterocycles. The van der Waals surface area contributed by atoms with Crippen LogP contribution in [0.3, 0.4) is 0 Å². The molecule has 358 valence electrons. The Labute approximate surface area is 372 Å². The Kier molecular flexibility index (Phi) is 46.8. The van der Waals surface area contributed by atoms with Gasteiger partial charge in [-0.2, -0.15) is 0 Å². The maximum absolute atomic E-state index is 12.6. The highest BCUT2D eigenvalue weighted by Gasteiger charge is 2.25. The summed E-state index contributed by atoms with van der Waals surface area (Å²) in [4.78, 5) is 34.9. The molecule has 60 heavy (non-hydrogen) atoms. The molecule has 2 unspecified atom stereocenters. The van der Waals surface area contributed by atoms with Crippen molar-refractivity contribution in [1.29, 1.82) is 0 Å². The highest BCUT2D eigenvalue weighted by Crippen LogP contribution is 2.43. The normalized spacial score (nSPS) is 13.1. The van der Waals surface area contributed by atoms with Gasteiger partial charge in [0.05, 0.1) is 13.2 Å². The van der Waals surface area contributed by atoms with E-state index in [0.717, 1.165) is 38.5 Å². The van der Waals surface area contributed by atoms with Crippen molar-refractivity contribution < 1.29 is 37.6 Å². The predicted molar refractivity (Wildman–Crippen MR) is 254 cm³/mol. The Hall–Kier alpha value is -0.950. The van der Waals surface area contributed by atoms with Crippen LogP contribution in [0.5, 0.6) is 0 Å². The number of carbonyl (C=O) groups is 2. The molecule has 0 aliphatic rings. The quantitative estimate of drug-likeness (QED) is 0.0366. The van der Waals surface area contributed by atoms with Crippen molar-refractivity contribution in [2.24, 2.45) is 0 Å². The minimum Gasteiger partial charge on any atom is -0.462 e. The molecule has 0 amide bonds. The highest BCUT2D eigenvalue weighted by molar-refractivity contribution is 7.47. The van der Waals surface area contributed by atoms with E-state index in [1.54, 1.807) is 6.92 Å². The molecule has 8 nitrogen and oxygen atoms in total. The van der Waals surface area contributed by atoms with Gasteiger partial charge < -0.3 is 14.4 Å². The lowest BCUT2D eigenvalue weighted by Gasteiger charge is -2.19. The van der Waals surface area contributed by atoms with Crippen LogP contribution in [0.2, 0.25) is 0 Å². The third-order valence-corrected chi connectivity index (χ3v) is 13.0. The van der Waals surface area contributed by atoms with Crippen LogP contribution in [0.1, 0.15) is 290 Å². The Morgan fingerprint density at radius 2 is 0.650 bits per heavy atom. The van der Waals surface area contributed by atoms with E-state index >= 15 is 0 Å². The number of esters is 2. The lowest BCUT2D eigenvalue weighted by molar-refractivity contribution is -0.161. The topological polar surface area (TPSA) is 108 Å². The van der Waals surface area contributed by atoms with Crippen LogP contribution in [-0.2, 0) is 32.7 Å². The fraction of sp³-hybridized carbons (Fsp3) is 0.961. The molecule has 0 saturated carbocycles. The summed E-state index contributed by atoms with van der Waals surface area (Å²) in [7, 11) is -4.28. The fourth-order valence-corrected chi connectivity index (χ4v) is 8.80. The van der Waals surface area contributed by atoms with Crippen LogP contribution in [-0.4, -0.2) is 42.8 Å². The van der Waals surface area contributed by atoms with Crippen molar-refractivity contribution in [3.63, 3.8) is 0 Å². The standard InChI is InChI=1S/C51H101O8P/c1-4-7-9-11-13-15-17-19-21-23-25-26-27-28-30-32-34-36-38-40-42-44-46-51(53)59-49(48-58-60(54,55)57-6-3)47-56-50(52)45-43-41-39-37-35-33-31-29-24-22-20-18-16-14-12-10-8-5-2/h49H,4-48H2,1-3H3,(H,54,55). The Morgan fingerprint density at radius 1 is 0.383 bits per heavy atom. The molecule has 0 heterocycles. The number of unbranched alkanes of at least 4 members (excludes halogenated alkanes) is 38. The zero-order valence-corrected chi connectivity index (χ0v) is 41.0.